The molecule has 2 N–H and O–H groups in total. The monoisotopic (exact) mass is 506 g/mol. The van der Waals surface area contributed by atoms with Gasteiger partial charge in [-0.3, -0.25) is 9.78 Å². The molecule has 1 spiro atoms. The first-order valence-electron chi connectivity index (χ1n) is 10.8. The Morgan fingerprint density at radius 2 is 1.97 bits per heavy atom. The molecule has 1 aliphatic carbocycles. The third kappa shape index (κ3) is 4.70. The first-order valence-corrected chi connectivity index (χ1v) is 11.7. The highest BCUT2D eigenvalue weighted by atomic mass is 32.1. The second-order valence-corrected chi connectivity index (χ2v) is 9.68. The molecular weight excluding hydrogens is 485 g/mol. The van der Waals surface area contributed by atoms with Crippen molar-refractivity contribution in [2.45, 2.75) is 25.2 Å². The Labute approximate surface area is 202 Å². The van der Waals surface area contributed by atoms with Gasteiger partial charge in [0.1, 0.15) is 11.5 Å². The number of carbonyl (C=O) groups is 2. The number of methoxy groups -OCH3 is 1. The fraction of sp³-hybridized carbons (Fsp3) is 0.348. The van der Waals surface area contributed by atoms with E-state index in [4.69, 9.17) is 4.74 Å². The third-order valence-corrected chi connectivity index (χ3v) is 7.20. The molecule has 0 unspecified atom stereocenters. The van der Waals surface area contributed by atoms with Gasteiger partial charge < -0.3 is 25.0 Å². The number of ether oxygens (including phenoxy) is 2. The summed E-state index contributed by atoms with van der Waals surface area (Å²) < 4.78 is 47.4. The summed E-state index contributed by atoms with van der Waals surface area (Å²) in [4.78, 5) is 31.5. The van der Waals surface area contributed by atoms with Crippen molar-refractivity contribution in [3.8, 4) is 11.5 Å². The predicted octanol–water partition coefficient (Wildman–Crippen LogP) is 4.63. The number of thiophene rings is 1. The maximum absolute atomic E-state index is 12.9. The van der Waals surface area contributed by atoms with Gasteiger partial charge in [0, 0.05) is 36.8 Å². The number of carbonyl (C=O) groups excluding carboxylic acids is 2. The van der Waals surface area contributed by atoms with Crippen molar-refractivity contribution in [2.75, 3.05) is 25.5 Å². The molecule has 0 atom stereocenters. The van der Waals surface area contributed by atoms with Crippen molar-refractivity contribution in [3.05, 3.63) is 47.5 Å². The molecule has 1 aromatic carbocycles. The number of alkyl halides is 3. The van der Waals surface area contributed by atoms with Crippen molar-refractivity contribution in [1.29, 1.82) is 0 Å². The Balaban J connectivity index is 1.13. The Hall–Kier alpha value is -3.54. The number of anilines is 1. The number of pyridine rings is 1. The molecule has 2 aromatic heterocycles. The molecule has 3 heterocycles. The number of halogens is 3. The van der Waals surface area contributed by atoms with E-state index in [2.05, 4.69) is 20.4 Å². The summed E-state index contributed by atoms with van der Waals surface area (Å²) in [5.41, 5.74) is 1.49. The van der Waals surface area contributed by atoms with Crippen LogP contribution in [0.2, 0.25) is 0 Å². The Morgan fingerprint density at radius 3 is 2.69 bits per heavy atom. The van der Waals surface area contributed by atoms with Crippen molar-refractivity contribution >= 4 is 39.2 Å². The number of benzene rings is 1. The lowest BCUT2D eigenvalue weighted by Crippen LogP contribution is -2.67. The molecule has 0 radical (unpaired) electrons. The van der Waals surface area contributed by atoms with Crippen LogP contribution in [0.5, 0.6) is 11.5 Å². The van der Waals surface area contributed by atoms with Crippen molar-refractivity contribution in [3.63, 3.8) is 0 Å². The molecule has 0 bridgehead atoms. The van der Waals surface area contributed by atoms with E-state index in [0.29, 0.717) is 31.5 Å². The molecule has 3 aromatic rings. The van der Waals surface area contributed by atoms with E-state index in [1.807, 2.05) is 16.3 Å². The number of amides is 3. The van der Waals surface area contributed by atoms with Gasteiger partial charge >= 0.3 is 12.4 Å². The van der Waals surface area contributed by atoms with E-state index in [0.717, 1.165) is 22.3 Å². The van der Waals surface area contributed by atoms with Gasteiger partial charge in [0.25, 0.3) is 5.91 Å². The van der Waals surface area contributed by atoms with E-state index in [1.54, 1.807) is 12.3 Å². The summed E-state index contributed by atoms with van der Waals surface area (Å²) in [6.45, 7) is 1.23. The highest BCUT2D eigenvalue weighted by Gasteiger charge is 2.54. The average Bonchev–Trinajstić information content (AvgIpc) is 3.22. The minimum absolute atomic E-state index is 0.0205. The molecule has 1 saturated carbocycles. The molecule has 2 fully saturated rings. The van der Waals surface area contributed by atoms with Crippen LogP contribution in [0.4, 0.5) is 23.7 Å². The number of urea groups is 1. The number of aromatic nitrogens is 1. The fourth-order valence-corrected chi connectivity index (χ4v) is 5.65. The first-order chi connectivity index (χ1) is 16.6. The number of hydrogen-bond donors (Lipinski definition) is 2. The SMILES string of the molecule is COc1ccc(OC(F)(F)F)cc1NC(=O)NC1CC2(C1)CN(C(=O)c1ccnc3ccsc13)C2. The Bertz CT molecular complexity index is 1280. The van der Waals surface area contributed by atoms with Crippen LogP contribution >= 0.6 is 11.3 Å². The minimum Gasteiger partial charge on any atom is -0.495 e. The molecule has 1 saturated heterocycles. The predicted molar refractivity (Wildman–Crippen MR) is 123 cm³/mol. The molecular formula is C23H21F3N4O4S. The second-order valence-electron chi connectivity index (χ2n) is 8.77. The van der Waals surface area contributed by atoms with Crippen LogP contribution in [0.1, 0.15) is 23.2 Å². The van der Waals surface area contributed by atoms with Crippen LogP contribution in [-0.4, -0.2) is 54.4 Å². The van der Waals surface area contributed by atoms with Crippen LogP contribution in [0.3, 0.4) is 0 Å². The zero-order chi connectivity index (χ0) is 24.8. The normalized spacial score (nSPS) is 17.0. The minimum atomic E-state index is -4.85. The summed E-state index contributed by atoms with van der Waals surface area (Å²) in [5, 5.41) is 7.26. The Kier molecular flexibility index (Phi) is 5.70. The third-order valence-electron chi connectivity index (χ3n) is 6.26. The average molecular weight is 507 g/mol. The summed E-state index contributed by atoms with van der Waals surface area (Å²) in [6.07, 6.45) is -1.79. The topological polar surface area (TPSA) is 92.8 Å². The van der Waals surface area contributed by atoms with Gasteiger partial charge in [0.2, 0.25) is 0 Å². The number of rotatable bonds is 5. The van der Waals surface area contributed by atoms with Gasteiger partial charge in [-0.1, -0.05) is 0 Å². The molecule has 5 rings (SSSR count). The van der Waals surface area contributed by atoms with Crippen LogP contribution in [0, 0.1) is 5.41 Å². The summed E-state index contributed by atoms with van der Waals surface area (Å²) >= 11 is 1.49. The number of nitrogens with one attached hydrogen (secondary N) is 2. The van der Waals surface area contributed by atoms with Crippen molar-refractivity contribution in [2.24, 2.45) is 5.41 Å². The van der Waals surface area contributed by atoms with Crippen LogP contribution in [0.25, 0.3) is 10.2 Å². The van der Waals surface area contributed by atoms with E-state index >= 15 is 0 Å². The van der Waals surface area contributed by atoms with Crippen LogP contribution in [-0.2, 0) is 0 Å². The van der Waals surface area contributed by atoms with E-state index in [-0.39, 0.29) is 28.8 Å². The molecule has 2 aliphatic rings. The van der Waals surface area contributed by atoms with Crippen molar-refractivity contribution < 1.29 is 32.2 Å². The first kappa shape index (κ1) is 23.2. The van der Waals surface area contributed by atoms with Gasteiger partial charge in [-0.25, -0.2) is 4.79 Å². The summed E-state index contributed by atoms with van der Waals surface area (Å²) in [6, 6.07) is 6.40. The molecule has 184 valence electrons. The highest BCUT2D eigenvalue weighted by Crippen LogP contribution is 2.49. The van der Waals surface area contributed by atoms with E-state index in [9.17, 15) is 22.8 Å². The standard InChI is InChI=1S/C23H21F3N4O4S/c1-33-18-3-2-14(34-23(24,25)26)8-17(18)29-21(32)28-13-9-22(10-13)11-30(12-22)20(31)15-4-6-27-16-5-7-35-19(15)16/h2-8,13H,9-12H2,1H3,(H2,28,29,32). The summed E-state index contributed by atoms with van der Waals surface area (Å²) in [5.74, 6) is -0.291. The highest BCUT2D eigenvalue weighted by molar-refractivity contribution is 7.17. The molecule has 8 nitrogen and oxygen atoms in total. The lowest BCUT2D eigenvalue weighted by atomic mass is 9.60. The smallest absolute Gasteiger partial charge is 0.495 e. The molecule has 35 heavy (non-hydrogen) atoms. The number of hydrogen-bond acceptors (Lipinski definition) is 6. The van der Waals surface area contributed by atoms with Gasteiger partial charge in [-0.05, 0) is 42.5 Å². The molecule has 1 aliphatic heterocycles. The number of fused-ring (bicyclic) bond motifs is 1. The lowest BCUT2D eigenvalue weighted by molar-refractivity contribution is -0.274. The van der Waals surface area contributed by atoms with Gasteiger partial charge in [-0.2, -0.15) is 0 Å². The van der Waals surface area contributed by atoms with E-state index < -0.39 is 18.1 Å². The molecule has 12 heteroatoms. The van der Waals surface area contributed by atoms with Crippen LogP contribution in [0.15, 0.2) is 41.9 Å². The zero-order valence-electron chi connectivity index (χ0n) is 18.5. The maximum atomic E-state index is 12.9. The second kappa shape index (κ2) is 8.59. The zero-order valence-corrected chi connectivity index (χ0v) is 19.3. The van der Waals surface area contributed by atoms with Gasteiger partial charge in [0.15, 0.2) is 0 Å². The fourth-order valence-electron chi connectivity index (χ4n) is 4.79. The largest absolute Gasteiger partial charge is 0.573 e. The lowest BCUT2D eigenvalue weighted by Gasteiger charge is -2.59. The van der Waals surface area contributed by atoms with Crippen LogP contribution < -0.4 is 20.1 Å². The Morgan fingerprint density at radius 1 is 1.20 bits per heavy atom. The van der Waals surface area contributed by atoms with Gasteiger partial charge in [0.05, 0.1) is 28.6 Å². The number of likely N-dealkylation sites (tertiary alicyclic amines) is 1. The quantitative estimate of drug-likeness (QED) is 0.527. The van der Waals surface area contributed by atoms with Crippen molar-refractivity contribution in [1.82, 2.24) is 15.2 Å². The van der Waals surface area contributed by atoms with Gasteiger partial charge in [-0.15, -0.1) is 24.5 Å². The molecule has 3 amide bonds. The van der Waals surface area contributed by atoms with E-state index in [1.165, 1.54) is 24.5 Å². The number of nitrogens with zero attached hydrogens (tertiary/aromatic N) is 2. The summed E-state index contributed by atoms with van der Waals surface area (Å²) in [7, 11) is 1.34. The maximum Gasteiger partial charge on any atom is 0.573 e.